The van der Waals surface area contributed by atoms with Crippen molar-refractivity contribution in [1.29, 1.82) is 0 Å². The molecule has 1 aromatic carbocycles. The van der Waals surface area contributed by atoms with E-state index in [0.29, 0.717) is 6.10 Å². The monoisotopic (exact) mass is 213 g/mol. The Morgan fingerprint density at radius 1 is 1.43 bits per heavy atom. The highest BCUT2D eigenvalue weighted by Crippen LogP contribution is 2.16. The predicted molar refractivity (Wildman–Crippen MR) is 60.3 cm³/mol. The first kappa shape index (κ1) is 11.3. The highest BCUT2D eigenvalue weighted by Gasteiger charge is 2.15. The highest BCUT2D eigenvalue weighted by atomic mass is 35.5. The Hall–Kier alpha value is -0.730. The fraction of sp³-hybridized carbons (Fsp3) is 0.455. The van der Waals surface area contributed by atoms with Crippen LogP contribution in [0, 0.1) is 6.92 Å². The van der Waals surface area contributed by atoms with Crippen LogP contribution in [0.25, 0.3) is 0 Å². The van der Waals surface area contributed by atoms with Crippen LogP contribution in [-0.2, 0) is 0 Å². The van der Waals surface area contributed by atoms with Gasteiger partial charge in [0.2, 0.25) is 0 Å². The Kier molecular flexibility index (Phi) is 4.23. The van der Waals surface area contributed by atoms with Crippen molar-refractivity contribution in [2.75, 3.05) is 13.1 Å². The molecule has 1 aliphatic rings. The summed E-state index contributed by atoms with van der Waals surface area (Å²) in [5.74, 6) is 0.994. The van der Waals surface area contributed by atoms with Gasteiger partial charge in [0, 0.05) is 6.54 Å². The van der Waals surface area contributed by atoms with Crippen molar-refractivity contribution in [2.45, 2.75) is 19.4 Å². The third-order valence-electron chi connectivity index (χ3n) is 2.31. The quantitative estimate of drug-likeness (QED) is 0.813. The van der Waals surface area contributed by atoms with Crippen molar-refractivity contribution < 1.29 is 4.74 Å². The smallest absolute Gasteiger partial charge is 0.120 e. The molecule has 1 saturated heterocycles. The van der Waals surface area contributed by atoms with Gasteiger partial charge in [0.15, 0.2) is 0 Å². The molecule has 3 heteroatoms. The van der Waals surface area contributed by atoms with Crippen LogP contribution in [0.2, 0.25) is 0 Å². The predicted octanol–water partition coefficient (Wildman–Crippen LogP) is 2.16. The van der Waals surface area contributed by atoms with Crippen LogP contribution >= 0.6 is 12.4 Å². The van der Waals surface area contributed by atoms with Crippen LogP contribution in [-0.4, -0.2) is 19.2 Å². The average Bonchev–Trinajstić information content (AvgIpc) is 2.57. The second-order valence-corrected chi connectivity index (χ2v) is 3.55. The summed E-state index contributed by atoms with van der Waals surface area (Å²) >= 11 is 0. The molecule has 1 heterocycles. The van der Waals surface area contributed by atoms with Crippen LogP contribution in [0.15, 0.2) is 24.3 Å². The highest BCUT2D eigenvalue weighted by molar-refractivity contribution is 5.85. The number of nitrogens with one attached hydrogen (secondary N) is 1. The lowest BCUT2D eigenvalue weighted by molar-refractivity contribution is 0.223. The number of rotatable bonds is 2. The molecule has 1 unspecified atom stereocenters. The van der Waals surface area contributed by atoms with Crippen molar-refractivity contribution >= 4 is 12.4 Å². The van der Waals surface area contributed by atoms with E-state index < -0.39 is 0 Å². The van der Waals surface area contributed by atoms with Gasteiger partial charge in [-0.1, -0.05) is 12.1 Å². The van der Waals surface area contributed by atoms with E-state index in [1.807, 2.05) is 12.1 Å². The molecule has 1 aliphatic heterocycles. The fourth-order valence-electron chi connectivity index (χ4n) is 1.61. The largest absolute Gasteiger partial charge is 0.489 e. The Labute approximate surface area is 91.1 Å². The van der Waals surface area contributed by atoms with Crippen molar-refractivity contribution in [3.8, 4) is 5.75 Å². The summed E-state index contributed by atoms with van der Waals surface area (Å²) in [6.07, 6.45) is 1.48. The second kappa shape index (κ2) is 5.23. The Morgan fingerprint density at radius 2 is 2.29 bits per heavy atom. The van der Waals surface area contributed by atoms with Crippen molar-refractivity contribution in [1.82, 2.24) is 5.32 Å². The van der Waals surface area contributed by atoms with E-state index in [0.717, 1.165) is 25.3 Å². The summed E-state index contributed by atoms with van der Waals surface area (Å²) in [6.45, 7) is 4.14. The normalized spacial score (nSPS) is 20.2. The van der Waals surface area contributed by atoms with E-state index in [1.54, 1.807) is 0 Å². The molecule has 0 amide bonds. The molecule has 1 N–H and O–H groups in total. The molecule has 1 fully saturated rings. The number of ether oxygens (including phenoxy) is 1. The SMILES string of the molecule is Cc1cccc(OC2CCNC2)c1.Cl. The molecule has 0 aliphatic carbocycles. The molecule has 0 bridgehead atoms. The molecule has 2 rings (SSSR count). The van der Waals surface area contributed by atoms with E-state index >= 15 is 0 Å². The maximum atomic E-state index is 5.79. The van der Waals surface area contributed by atoms with Crippen LogP contribution < -0.4 is 10.1 Å². The summed E-state index contributed by atoms with van der Waals surface area (Å²) in [4.78, 5) is 0. The minimum atomic E-state index is 0. The molecule has 14 heavy (non-hydrogen) atoms. The lowest BCUT2D eigenvalue weighted by atomic mass is 10.2. The molecule has 0 spiro atoms. The van der Waals surface area contributed by atoms with Crippen molar-refractivity contribution in [3.05, 3.63) is 29.8 Å². The number of benzene rings is 1. The lowest BCUT2D eigenvalue weighted by Gasteiger charge is -2.12. The maximum Gasteiger partial charge on any atom is 0.120 e. The van der Waals surface area contributed by atoms with Gasteiger partial charge in [-0.05, 0) is 37.6 Å². The number of hydrogen-bond donors (Lipinski definition) is 1. The third-order valence-corrected chi connectivity index (χ3v) is 2.31. The van der Waals surface area contributed by atoms with E-state index in [-0.39, 0.29) is 12.4 Å². The fourth-order valence-corrected chi connectivity index (χ4v) is 1.61. The molecule has 0 radical (unpaired) electrons. The lowest BCUT2D eigenvalue weighted by Crippen LogP contribution is -2.19. The molecule has 1 atom stereocenters. The van der Waals surface area contributed by atoms with Gasteiger partial charge >= 0.3 is 0 Å². The molecule has 1 aromatic rings. The van der Waals surface area contributed by atoms with Gasteiger partial charge in [0.05, 0.1) is 0 Å². The van der Waals surface area contributed by atoms with E-state index in [9.17, 15) is 0 Å². The first-order valence-corrected chi connectivity index (χ1v) is 4.78. The van der Waals surface area contributed by atoms with Gasteiger partial charge < -0.3 is 10.1 Å². The first-order chi connectivity index (χ1) is 6.34. The Balaban J connectivity index is 0.000000980. The molecule has 0 aromatic heterocycles. The zero-order chi connectivity index (χ0) is 9.10. The standard InChI is InChI=1S/C11H15NO.ClH/c1-9-3-2-4-10(7-9)13-11-5-6-12-8-11;/h2-4,7,11-12H,5-6,8H2,1H3;1H. The third kappa shape index (κ3) is 2.89. The summed E-state index contributed by atoms with van der Waals surface area (Å²) in [5, 5.41) is 3.28. The maximum absolute atomic E-state index is 5.79. The Bertz CT molecular complexity index is 284. The van der Waals surface area contributed by atoms with E-state index in [1.165, 1.54) is 5.56 Å². The van der Waals surface area contributed by atoms with Gasteiger partial charge in [-0.2, -0.15) is 0 Å². The summed E-state index contributed by atoms with van der Waals surface area (Å²) in [6, 6.07) is 8.22. The molecule has 2 nitrogen and oxygen atoms in total. The van der Waals surface area contributed by atoms with Crippen LogP contribution in [0.3, 0.4) is 0 Å². The number of halogens is 1. The van der Waals surface area contributed by atoms with Gasteiger partial charge in [0.25, 0.3) is 0 Å². The summed E-state index contributed by atoms with van der Waals surface area (Å²) < 4.78 is 5.79. The zero-order valence-corrected chi connectivity index (χ0v) is 9.14. The molecule has 78 valence electrons. The molecule has 0 saturated carbocycles. The number of aryl methyl sites for hydroxylation is 1. The molecular weight excluding hydrogens is 198 g/mol. The van der Waals surface area contributed by atoms with Crippen LogP contribution in [0.5, 0.6) is 5.75 Å². The molecular formula is C11H16ClNO. The first-order valence-electron chi connectivity index (χ1n) is 4.78. The zero-order valence-electron chi connectivity index (χ0n) is 8.32. The van der Waals surface area contributed by atoms with E-state index in [2.05, 4.69) is 24.4 Å². The van der Waals surface area contributed by atoms with Crippen LogP contribution in [0.1, 0.15) is 12.0 Å². The summed E-state index contributed by atoms with van der Waals surface area (Å²) in [5.41, 5.74) is 1.25. The topological polar surface area (TPSA) is 21.3 Å². The second-order valence-electron chi connectivity index (χ2n) is 3.55. The number of hydrogen-bond acceptors (Lipinski definition) is 2. The average molecular weight is 214 g/mol. The Morgan fingerprint density at radius 3 is 2.93 bits per heavy atom. The summed E-state index contributed by atoms with van der Waals surface area (Å²) in [7, 11) is 0. The van der Waals surface area contributed by atoms with Gasteiger partial charge in [0.1, 0.15) is 11.9 Å². The van der Waals surface area contributed by atoms with Crippen LogP contribution in [0.4, 0.5) is 0 Å². The van der Waals surface area contributed by atoms with Gasteiger partial charge in [-0.3, -0.25) is 0 Å². The van der Waals surface area contributed by atoms with Gasteiger partial charge in [-0.25, -0.2) is 0 Å². The van der Waals surface area contributed by atoms with Gasteiger partial charge in [-0.15, -0.1) is 12.4 Å². The minimum absolute atomic E-state index is 0. The minimum Gasteiger partial charge on any atom is -0.489 e. The van der Waals surface area contributed by atoms with E-state index in [4.69, 9.17) is 4.74 Å². The van der Waals surface area contributed by atoms with Crippen molar-refractivity contribution in [3.63, 3.8) is 0 Å². The van der Waals surface area contributed by atoms with Crippen molar-refractivity contribution in [2.24, 2.45) is 0 Å².